The molecule has 0 unspecified atom stereocenters. The molecule has 4 nitrogen and oxygen atoms in total. The topological polar surface area (TPSA) is 71.4 Å². The number of alkyl halides is 1. The lowest BCUT2D eigenvalue weighted by Crippen LogP contribution is -2.30. The first-order valence-electron chi connectivity index (χ1n) is 5.68. The minimum absolute atomic E-state index is 0.181. The summed E-state index contributed by atoms with van der Waals surface area (Å²) in [5, 5.41) is 7.66. The van der Waals surface area contributed by atoms with E-state index >= 15 is 0 Å². The molecule has 1 aromatic carbocycles. The van der Waals surface area contributed by atoms with E-state index in [-0.39, 0.29) is 17.7 Å². The van der Waals surface area contributed by atoms with E-state index < -0.39 is 39.0 Å². The van der Waals surface area contributed by atoms with Crippen molar-refractivity contribution in [2.45, 2.75) is 29.2 Å². The number of carboxylic acids is 1. The van der Waals surface area contributed by atoms with E-state index in [9.17, 15) is 22.0 Å². The van der Waals surface area contributed by atoms with Gasteiger partial charge in [0.15, 0.2) is 9.84 Å². The van der Waals surface area contributed by atoms with Crippen molar-refractivity contribution in [3.63, 3.8) is 0 Å². The van der Waals surface area contributed by atoms with Gasteiger partial charge in [-0.15, -0.1) is 0 Å². The Hall–Kier alpha value is -1.50. The first-order valence-corrected chi connectivity index (χ1v) is 7.23. The predicted octanol–water partition coefficient (Wildman–Crippen LogP) is 1.80. The van der Waals surface area contributed by atoms with Gasteiger partial charge in [-0.2, -0.15) is 0 Å². The lowest BCUT2D eigenvalue weighted by atomic mass is 10.1. The molecule has 1 aliphatic rings. The van der Waals surface area contributed by atoms with Crippen LogP contribution in [-0.2, 0) is 14.6 Å². The Morgan fingerprint density at radius 1 is 1.21 bits per heavy atom. The van der Waals surface area contributed by atoms with E-state index in [2.05, 4.69) is 0 Å². The highest BCUT2D eigenvalue weighted by molar-refractivity contribution is 7.92. The Kier molecular flexibility index (Phi) is 3.58. The normalized spacial score (nSPS) is 27.4. The van der Waals surface area contributed by atoms with Crippen LogP contribution in [0.4, 0.5) is 8.78 Å². The van der Waals surface area contributed by atoms with Gasteiger partial charge in [0.2, 0.25) is 0 Å². The highest BCUT2D eigenvalue weighted by atomic mass is 32.2. The zero-order valence-electron chi connectivity index (χ0n) is 9.79. The Morgan fingerprint density at radius 3 is 2.32 bits per heavy atom. The lowest BCUT2D eigenvalue weighted by molar-refractivity contribution is -0.141. The van der Waals surface area contributed by atoms with Crippen LogP contribution in [0.2, 0.25) is 0 Å². The quantitative estimate of drug-likeness (QED) is 0.862. The molecule has 104 valence electrons. The summed E-state index contributed by atoms with van der Waals surface area (Å²) in [6, 6.07) is 4.08. The maximum Gasteiger partial charge on any atom is 0.307 e. The molecule has 1 fully saturated rings. The second-order valence-electron chi connectivity index (χ2n) is 4.55. The molecule has 1 aliphatic carbocycles. The SMILES string of the molecule is O=C(O)[C@H]1C[C@@H](F)C[C@H]1S(=O)(=O)c1ccc(F)cc1. The van der Waals surface area contributed by atoms with E-state index in [1.54, 1.807) is 0 Å². The van der Waals surface area contributed by atoms with E-state index in [0.717, 1.165) is 24.3 Å². The molecule has 3 atom stereocenters. The summed E-state index contributed by atoms with van der Waals surface area (Å²) >= 11 is 0. The number of carbonyl (C=O) groups is 1. The van der Waals surface area contributed by atoms with Crippen LogP contribution in [0.15, 0.2) is 29.2 Å². The molecule has 0 aromatic heterocycles. The van der Waals surface area contributed by atoms with Gasteiger partial charge in [-0.05, 0) is 37.1 Å². The minimum Gasteiger partial charge on any atom is -0.481 e. The van der Waals surface area contributed by atoms with Gasteiger partial charge < -0.3 is 5.11 Å². The summed E-state index contributed by atoms with van der Waals surface area (Å²) in [6.07, 6.45) is -2.08. The zero-order valence-corrected chi connectivity index (χ0v) is 10.6. The van der Waals surface area contributed by atoms with E-state index in [0.29, 0.717) is 0 Å². The van der Waals surface area contributed by atoms with Crippen LogP contribution in [0.1, 0.15) is 12.8 Å². The van der Waals surface area contributed by atoms with E-state index in [1.165, 1.54) is 0 Å². The molecule has 0 radical (unpaired) electrons. The molecular weight excluding hydrogens is 278 g/mol. The molecule has 0 spiro atoms. The predicted molar refractivity (Wildman–Crippen MR) is 62.6 cm³/mol. The fourth-order valence-corrected chi connectivity index (χ4v) is 4.33. The maximum absolute atomic E-state index is 13.3. The van der Waals surface area contributed by atoms with Gasteiger partial charge in [0.25, 0.3) is 0 Å². The third-order valence-electron chi connectivity index (χ3n) is 3.30. The highest BCUT2D eigenvalue weighted by Crippen LogP contribution is 2.36. The van der Waals surface area contributed by atoms with Crippen molar-refractivity contribution >= 4 is 15.8 Å². The number of hydrogen-bond donors (Lipinski definition) is 1. The first kappa shape index (κ1) is 13.9. The van der Waals surface area contributed by atoms with Crippen LogP contribution in [-0.4, -0.2) is 30.9 Å². The average Bonchev–Trinajstić information content (AvgIpc) is 2.73. The molecule has 1 saturated carbocycles. The molecular formula is C12H12F2O4S. The second-order valence-corrected chi connectivity index (χ2v) is 6.72. The van der Waals surface area contributed by atoms with Crippen LogP contribution >= 0.6 is 0 Å². The van der Waals surface area contributed by atoms with Gasteiger partial charge in [0, 0.05) is 0 Å². The van der Waals surface area contributed by atoms with Gasteiger partial charge in [-0.25, -0.2) is 17.2 Å². The van der Waals surface area contributed by atoms with E-state index in [4.69, 9.17) is 5.11 Å². The second kappa shape index (κ2) is 4.88. The summed E-state index contributed by atoms with van der Waals surface area (Å²) < 4.78 is 50.6. The van der Waals surface area contributed by atoms with Gasteiger partial charge in [-0.3, -0.25) is 4.79 Å². The Labute approximate surface area is 109 Å². The standard InChI is InChI=1S/C12H12F2O4S/c13-7-1-3-9(4-2-7)19(17,18)11-6-8(14)5-10(11)12(15)16/h1-4,8,10-11H,5-6H2,(H,15,16)/t8-,10+,11-/m1/s1. The monoisotopic (exact) mass is 290 g/mol. The summed E-state index contributed by atoms with van der Waals surface area (Å²) in [4.78, 5) is 10.8. The number of rotatable bonds is 3. The summed E-state index contributed by atoms with van der Waals surface area (Å²) in [5.74, 6) is -3.18. The number of hydrogen-bond acceptors (Lipinski definition) is 3. The average molecular weight is 290 g/mol. The van der Waals surface area contributed by atoms with Crippen LogP contribution in [0, 0.1) is 11.7 Å². The lowest BCUT2D eigenvalue weighted by Gasteiger charge is -2.16. The van der Waals surface area contributed by atoms with Gasteiger partial charge >= 0.3 is 5.97 Å². The van der Waals surface area contributed by atoms with Crippen molar-refractivity contribution in [2.24, 2.45) is 5.92 Å². The van der Waals surface area contributed by atoms with Gasteiger partial charge in [0.05, 0.1) is 16.1 Å². The van der Waals surface area contributed by atoms with Crippen LogP contribution in [0.3, 0.4) is 0 Å². The molecule has 19 heavy (non-hydrogen) atoms. The fraction of sp³-hybridized carbons (Fsp3) is 0.417. The van der Waals surface area contributed by atoms with Crippen LogP contribution in [0.5, 0.6) is 0 Å². The number of carboxylic acid groups (broad SMARTS) is 1. The van der Waals surface area contributed by atoms with Crippen LogP contribution in [0.25, 0.3) is 0 Å². The summed E-state index contributed by atoms with van der Waals surface area (Å²) in [7, 11) is -3.97. The van der Waals surface area contributed by atoms with Crippen molar-refractivity contribution in [2.75, 3.05) is 0 Å². The number of sulfone groups is 1. The van der Waals surface area contributed by atoms with Gasteiger partial charge in [-0.1, -0.05) is 0 Å². The zero-order chi connectivity index (χ0) is 14.2. The Morgan fingerprint density at radius 2 is 1.79 bits per heavy atom. The molecule has 1 N–H and O–H groups in total. The Balaban J connectivity index is 2.38. The third-order valence-corrected chi connectivity index (χ3v) is 5.55. The molecule has 1 aromatic rings. The maximum atomic E-state index is 13.3. The van der Waals surface area contributed by atoms with Crippen molar-refractivity contribution in [3.05, 3.63) is 30.1 Å². The largest absolute Gasteiger partial charge is 0.481 e. The van der Waals surface area contributed by atoms with Crippen molar-refractivity contribution in [1.29, 1.82) is 0 Å². The highest BCUT2D eigenvalue weighted by Gasteiger charge is 2.46. The Bertz CT molecular complexity index is 582. The molecule has 0 saturated heterocycles. The number of halogens is 2. The molecule has 2 rings (SSSR count). The van der Waals surface area contributed by atoms with Gasteiger partial charge in [0.1, 0.15) is 12.0 Å². The molecule has 0 aliphatic heterocycles. The van der Waals surface area contributed by atoms with Crippen LogP contribution < -0.4 is 0 Å². The fourth-order valence-electron chi connectivity index (χ4n) is 2.34. The summed E-state index contributed by atoms with van der Waals surface area (Å²) in [5.41, 5.74) is 0. The minimum atomic E-state index is -3.97. The molecule has 0 bridgehead atoms. The molecule has 0 heterocycles. The first-order chi connectivity index (χ1) is 8.82. The number of aliphatic carboxylic acids is 1. The van der Waals surface area contributed by atoms with Crippen molar-refractivity contribution in [1.82, 2.24) is 0 Å². The summed E-state index contributed by atoms with van der Waals surface area (Å²) in [6.45, 7) is 0. The molecule has 7 heteroatoms. The van der Waals surface area contributed by atoms with Crippen molar-refractivity contribution < 1.29 is 27.1 Å². The third kappa shape index (κ3) is 2.60. The van der Waals surface area contributed by atoms with E-state index in [1.807, 2.05) is 0 Å². The molecule has 0 amide bonds. The smallest absolute Gasteiger partial charge is 0.307 e. The number of benzene rings is 1. The van der Waals surface area contributed by atoms with Crippen molar-refractivity contribution in [3.8, 4) is 0 Å².